The van der Waals surface area contributed by atoms with Crippen LogP contribution >= 0.6 is 0 Å². The van der Waals surface area contributed by atoms with Crippen molar-refractivity contribution in [3.8, 4) is 0 Å². The number of allylic oxidation sites excluding steroid dienone is 1. The Morgan fingerprint density at radius 3 is 1.86 bits per heavy atom. The second-order valence-electron chi connectivity index (χ2n) is 17.7. The molecule has 0 amide bonds. The van der Waals surface area contributed by atoms with E-state index in [1.54, 1.807) is 28.3 Å². The van der Waals surface area contributed by atoms with Crippen LogP contribution in [-0.2, 0) is 57.0 Å². The van der Waals surface area contributed by atoms with E-state index in [-0.39, 0.29) is 41.2 Å². The number of ether oxygens (including phenoxy) is 10. The van der Waals surface area contributed by atoms with Crippen molar-refractivity contribution < 1.29 is 67.2 Å². The van der Waals surface area contributed by atoms with Gasteiger partial charge in [-0.05, 0) is 83.6 Å². The van der Waals surface area contributed by atoms with Crippen LogP contribution < -0.4 is 0 Å². The van der Waals surface area contributed by atoms with E-state index in [0.29, 0.717) is 44.9 Å². The van der Waals surface area contributed by atoms with Crippen molar-refractivity contribution in [2.24, 2.45) is 22.7 Å². The van der Waals surface area contributed by atoms with Crippen molar-refractivity contribution in [3.05, 3.63) is 23.3 Å². The highest BCUT2D eigenvalue weighted by atomic mass is 16.7. The molecule has 3 aliphatic carbocycles. The van der Waals surface area contributed by atoms with Crippen LogP contribution in [0.5, 0.6) is 0 Å². The fourth-order valence-corrected chi connectivity index (χ4v) is 11.1. The van der Waals surface area contributed by atoms with Gasteiger partial charge in [0.1, 0.15) is 30.2 Å². The van der Waals surface area contributed by atoms with Gasteiger partial charge in [-0.3, -0.25) is 4.79 Å². The third-order valence-corrected chi connectivity index (χ3v) is 14.4. The quantitative estimate of drug-likeness (QED) is 0.242. The highest BCUT2D eigenvalue weighted by Gasteiger charge is 2.58. The summed E-state index contributed by atoms with van der Waals surface area (Å²) in [7, 11) is 4.85. The van der Waals surface area contributed by atoms with E-state index in [1.165, 1.54) is 11.6 Å². The van der Waals surface area contributed by atoms with Crippen molar-refractivity contribution in [3.63, 3.8) is 0 Å². The molecule has 0 aromatic heterocycles. The lowest BCUT2D eigenvalue weighted by Crippen LogP contribution is -2.57. The first-order chi connectivity index (χ1) is 26.6. The average Bonchev–Trinajstić information content (AvgIpc) is 3.51. The van der Waals surface area contributed by atoms with Crippen molar-refractivity contribution in [2.75, 3.05) is 21.3 Å². The highest BCUT2D eigenvalue weighted by Crippen LogP contribution is 2.60. The molecule has 0 radical (unpaired) electrons. The zero-order valence-electron chi connectivity index (χ0n) is 34.4. The molecule has 14 nitrogen and oxygen atoms in total. The monoisotopic (exact) mass is 792 g/mol. The fraction of sp³-hybridized carbons (Fsp3) is 0.857. The number of ketones is 1. The Morgan fingerprint density at radius 1 is 0.750 bits per heavy atom. The molecule has 5 fully saturated rings. The summed E-state index contributed by atoms with van der Waals surface area (Å²) in [6.45, 7) is 11.6. The van der Waals surface area contributed by atoms with Gasteiger partial charge < -0.3 is 57.6 Å². The maximum atomic E-state index is 14.2. The van der Waals surface area contributed by atoms with Gasteiger partial charge in [-0.1, -0.05) is 18.6 Å². The molecule has 19 atom stereocenters. The molecule has 3 saturated heterocycles. The van der Waals surface area contributed by atoms with Gasteiger partial charge in [0.25, 0.3) is 0 Å². The van der Waals surface area contributed by atoms with Gasteiger partial charge in [-0.15, -0.1) is 0 Å². The van der Waals surface area contributed by atoms with Gasteiger partial charge in [-0.2, -0.15) is 0 Å². The number of aliphatic hydroxyl groups excluding tert-OH is 2. The van der Waals surface area contributed by atoms with Crippen LogP contribution in [0, 0.1) is 22.7 Å². The van der Waals surface area contributed by atoms with E-state index < -0.39 is 85.3 Å². The minimum absolute atomic E-state index is 0.0972. The molecule has 56 heavy (non-hydrogen) atoms. The molecule has 2 N–H and O–H groups in total. The molecular weight excluding hydrogens is 728 g/mol. The van der Waals surface area contributed by atoms with Crippen molar-refractivity contribution in [1.29, 1.82) is 0 Å². The van der Waals surface area contributed by atoms with Crippen LogP contribution in [0.25, 0.3) is 0 Å². The highest BCUT2D eigenvalue weighted by molar-refractivity contribution is 5.95. The first-order valence-corrected chi connectivity index (χ1v) is 20.6. The molecule has 0 aromatic rings. The summed E-state index contributed by atoms with van der Waals surface area (Å²) in [6, 6.07) is 0. The first kappa shape index (κ1) is 42.3. The first-order valence-electron chi connectivity index (χ1n) is 20.6. The van der Waals surface area contributed by atoms with Crippen molar-refractivity contribution in [2.45, 2.75) is 185 Å². The molecule has 0 aromatic carbocycles. The molecular formula is C42H64O14. The van der Waals surface area contributed by atoms with E-state index in [4.69, 9.17) is 47.4 Å². The summed E-state index contributed by atoms with van der Waals surface area (Å²) >= 11 is 0. The Kier molecular flexibility index (Phi) is 12.6. The molecule has 0 spiro atoms. The van der Waals surface area contributed by atoms with E-state index in [2.05, 4.69) is 13.0 Å². The summed E-state index contributed by atoms with van der Waals surface area (Å²) in [6.07, 6.45) is 0.605. The van der Waals surface area contributed by atoms with Crippen LogP contribution in [-0.4, -0.2) is 135 Å². The van der Waals surface area contributed by atoms with Gasteiger partial charge in [-0.25, -0.2) is 4.79 Å². The van der Waals surface area contributed by atoms with E-state index >= 15 is 0 Å². The van der Waals surface area contributed by atoms with Crippen molar-refractivity contribution in [1.82, 2.24) is 0 Å². The van der Waals surface area contributed by atoms with Crippen LogP contribution in [0.2, 0.25) is 0 Å². The zero-order chi connectivity index (χ0) is 40.3. The number of aliphatic hydroxyl groups is 2. The van der Waals surface area contributed by atoms with Gasteiger partial charge in [0.2, 0.25) is 0 Å². The van der Waals surface area contributed by atoms with Crippen molar-refractivity contribution >= 4 is 11.8 Å². The van der Waals surface area contributed by atoms with Gasteiger partial charge in [0.15, 0.2) is 18.9 Å². The lowest BCUT2D eigenvalue weighted by molar-refractivity contribution is -0.339. The minimum atomic E-state index is -0.747. The zero-order valence-corrected chi connectivity index (χ0v) is 34.4. The SMILES string of the molecule is CO[C@H]1C[C@H](O[C@@H]2[C@H](C)O[C@@H](O[C@H]3[C@@H](OC)C[C@H](O[C@@H]4CC5=CC[C@H]6C(=O)[C@@](C)(C7=CC(=O)O[C@@H]7C)CC[C@@H]6[C@@]5(C)C[C@H]4O)O[C@@H]3C)C[C@@H]2OC)O[C@H](C)[C@H]1O. The topological polar surface area (TPSA) is 167 Å². The van der Waals surface area contributed by atoms with E-state index in [0.717, 1.165) is 12.0 Å². The summed E-state index contributed by atoms with van der Waals surface area (Å²) in [5, 5.41) is 22.0. The Morgan fingerprint density at radius 2 is 1.30 bits per heavy atom. The minimum Gasteiger partial charge on any atom is -0.455 e. The van der Waals surface area contributed by atoms with Crippen LogP contribution in [0.1, 0.15) is 92.9 Å². The molecule has 7 rings (SSSR count). The molecule has 0 bridgehead atoms. The largest absolute Gasteiger partial charge is 0.455 e. The number of methoxy groups -OCH3 is 3. The van der Waals surface area contributed by atoms with Crippen LogP contribution in [0.15, 0.2) is 23.3 Å². The molecule has 14 heteroatoms. The van der Waals surface area contributed by atoms with Gasteiger partial charge in [0.05, 0.1) is 54.2 Å². The molecule has 4 aliphatic heterocycles. The number of rotatable bonds is 10. The van der Waals surface area contributed by atoms with E-state index in [1.807, 2.05) is 27.7 Å². The molecule has 316 valence electrons. The summed E-state index contributed by atoms with van der Waals surface area (Å²) in [5.41, 5.74) is 0.947. The summed E-state index contributed by atoms with van der Waals surface area (Å²) < 4.78 is 60.8. The maximum absolute atomic E-state index is 14.2. The fourth-order valence-electron chi connectivity index (χ4n) is 11.1. The molecule has 4 heterocycles. The number of carbonyl (C=O) groups is 2. The summed E-state index contributed by atoms with van der Waals surface area (Å²) in [4.78, 5) is 26.2. The number of Topliss-reactive ketones (excluding diaryl/α,β-unsaturated/α-hetero) is 1. The van der Waals surface area contributed by atoms with Crippen LogP contribution in [0.4, 0.5) is 0 Å². The Balaban J connectivity index is 0.949. The lowest BCUT2D eigenvalue weighted by atomic mass is 9.49. The Labute approximate surface area is 330 Å². The molecule has 7 aliphatic rings. The number of cyclic esters (lactones) is 1. The number of esters is 1. The van der Waals surface area contributed by atoms with Gasteiger partial charge in [0, 0.05) is 52.6 Å². The molecule has 0 unspecified atom stereocenters. The third-order valence-electron chi connectivity index (χ3n) is 14.4. The predicted molar refractivity (Wildman–Crippen MR) is 199 cm³/mol. The maximum Gasteiger partial charge on any atom is 0.331 e. The molecule has 2 saturated carbocycles. The standard InChI is InChI=1S/C42H64O14/c1-20-27(15-33(44)50-20)41(5)13-12-26-25(40(41)46)11-10-24-14-29(28(43)19-42(24,26)6)54-34-17-31(48-8)38(22(3)52-34)56-36-18-32(49-9)39(23(4)53-36)55-35-16-30(47-7)37(45)21(2)51-35/h10,15,20-23,25-26,28-32,34-39,43,45H,11-14,16-19H2,1-9H3/t20-,21-,22-,23+,25-,26+,28-,29-,30+,31+,32+,34+,35+,36+,37-,38-,39-,41-,42+/m1/s1. The second kappa shape index (κ2) is 16.7. The number of carbonyl (C=O) groups excluding carboxylic acids is 2. The second-order valence-corrected chi connectivity index (χ2v) is 17.7. The average molecular weight is 793 g/mol. The third kappa shape index (κ3) is 7.82. The predicted octanol–water partition coefficient (Wildman–Crippen LogP) is 3.92. The summed E-state index contributed by atoms with van der Waals surface area (Å²) in [5.74, 6) is -0.288. The Hall–Kier alpha value is -1.82. The Bertz CT molecular complexity index is 1500. The number of hydrogen-bond donors (Lipinski definition) is 2. The lowest BCUT2D eigenvalue weighted by Gasteiger charge is -2.56. The number of fused-ring (bicyclic) bond motifs is 3. The van der Waals surface area contributed by atoms with Gasteiger partial charge >= 0.3 is 5.97 Å². The van der Waals surface area contributed by atoms with E-state index in [9.17, 15) is 19.8 Å². The number of hydrogen-bond acceptors (Lipinski definition) is 14. The van der Waals surface area contributed by atoms with Crippen LogP contribution in [0.3, 0.4) is 0 Å². The normalized spacial score (nSPS) is 49.7. The smallest absolute Gasteiger partial charge is 0.331 e.